The van der Waals surface area contributed by atoms with E-state index in [1.54, 1.807) is 0 Å². The molecule has 2 unspecified atom stereocenters. The Hall–Kier alpha value is -0.0800. The predicted octanol–water partition coefficient (Wildman–Crippen LogP) is 4.28. The average Bonchev–Trinajstić information content (AvgIpc) is 2.59. The van der Waals surface area contributed by atoms with E-state index in [-0.39, 0.29) is 0 Å². The van der Waals surface area contributed by atoms with Crippen LogP contribution in [0.15, 0.2) is 0 Å². The van der Waals surface area contributed by atoms with Crippen molar-refractivity contribution < 1.29 is 4.74 Å². The SMILES string of the molecule is CCNC1CCCCCC1OC1CCC(C)(C)CC1. The lowest BCUT2D eigenvalue weighted by Gasteiger charge is -2.37. The van der Waals surface area contributed by atoms with E-state index in [9.17, 15) is 0 Å². The van der Waals surface area contributed by atoms with Crippen molar-refractivity contribution >= 4 is 0 Å². The molecule has 0 saturated heterocycles. The Morgan fingerprint density at radius 2 is 1.68 bits per heavy atom. The van der Waals surface area contributed by atoms with Crippen molar-refractivity contribution in [1.82, 2.24) is 5.32 Å². The van der Waals surface area contributed by atoms with Crippen LogP contribution in [0.5, 0.6) is 0 Å². The maximum Gasteiger partial charge on any atom is 0.0731 e. The van der Waals surface area contributed by atoms with Crippen LogP contribution in [-0.4, -0.2) is 24.8 Å². The molecule has 2 heteroatoms. The van der Waals surface area contributed by atoms with E-state index in [0.717, 1.165) is 6.54 Å². The van der Waals surface area contributed by atoms with Crippen LogP contribution >= 0.6 is 0 Å². The number of likely N-dealkylation sites (N-methyl/N-ethyl adjacent to an activating group) is 1. The van der Waals surface area contributed by atoms with Gasteiger partial charge in [-0.3, -0.25) is 0 Å². The van der Waals surface area contributed by atoms with Gasteiger partial charge in [-0.05, 0) is 50.5 Å². The molecule has 2 aliphatic carbocycles. The Bertz CT molecular complexity index is 254. The van der Waals surface area contributed by atoms with Crippen LogP contribution in [0.2, 0.25) is 0 Å². The summed E-state index contributed by atoms with van der Waals surface area (Å²) in [4.78, 5) is 0. The van der Waals surface area contributed by atoms with Gasteiger partial charge in [-0.1, -0.05) is 40.0 Å². The highest BCUT2D eigenvalue weighted by Crippen LogP contribution is 2.37. The summed E-state index contributed by atoms with van der Waals surface area (Å²) in [5, 5.41) is 3.66. The summed E-state index contributed by atoms with van der Waals surface area (Å²) >= 11 is 0. The molecule has 2 aliphatic rings. The van der Waals surface area contributed by atoms with Gasteiger partial charge in [0.1, 0.15) is 0 Å². The van der Waals surface area contributed by atoms with Gasteiger partial charge in [-0.25, -0.2) is 0 Å². The molecule has 0 aromatic heterocycles. The highest BCUT2D eigenvalue weighted by atomic mass is 16.5. The minimum atomic E-state index is 0.466. The molecule has 0 aliphatic heterocycles. The summed E-state index contributed by atoms with van der Waals surface area (Å²) in [6, 6.07) is 0.599. The van der Waals surface area contributed by atoms with Gasteiger partial charge in [0.05, 0.1) is 12.2 Å². The molecule has 2 saturated carbocycles. The van der Waals surface area contributed by atoms with Crippen LogP contribution in [0.4, 0.5) is 0 Å². The molecule has 0 bridgehead atoms. The van der Waals surface area contributed by atoms with E-state index in [4.69, 9.17) is 4.74 Å². The van der Waals surface area contributed by atoms with Gasteiger partial charge in [-0.2, -0.15) is 0 Å². The number of hydrogen-bond acceptors (Lipinski definition) is 2. The molecule has 19 heavy (non-hydrogen) atoms. The fraction of sp³-hybridized carbons (Fsp3) is 1.00. The summed E-state index contributed by atoms with van der Waals surface area (Å²) in [6.45, 7) is 8.08. The zero-order chi connectivity index (χ0) is 13.7. The molecule has 2 nitrogen and oxygen atoms in total. The lowest BCUT2D eigenvalue weighted by atomic mass is 9.76. The van der Waals surface area contributed by atoms with E-state index < -0.39 is 0 Å². The van der Waals surface area contributed by atoms with Crippen molar-refractivity contribution in [3.63, 3.8) is 0 Å². The minimum absolute atomic E-state index is 0.466. The smallest absolute Gasteiger partial charge is 0.0731 e. The zero-order valence-corrected chi connectivity index (χ0v) is 13.2. The normalized spacial score (nSPS) is 33.0. The van der Waals surface area contributed by atoms with E-state index in [1.165, 1.54) is 57.8 Å². The molecule has 0 amide bonds. The topological polar surface area (TPSA) is 21.3 Å². The lowest BCUT2D eigenvalue weighted by molar-refractivity contribution is -0.0620. The average molecular weight is 267 g/mol. The monoisotopic (exact) mass is 267 g/mol. The second kappa shape index (κ2) is 7.08. The molecule has 112 valence electrons. The first kappa shape index (κ1) is 15.3. The summed E-state index contributed by atoms with van der Waals surface area (Å²) < 4.78 is 6.51. The van der Waals surface area contributed by atoms with Crippen LogP contribution in [-0.2, 0) is 4.74 Å². The molecule has 0 aromatic carbocycles. The van der Waals surface area contributed by atoms with Gasteiger partial charge in [0, 0.05) is 6.04 Å². The highest BCUT2D eigenvalue weighted by molar-refractivity contribution is 4.84. The maximum absolute atomic E-state index is 6.51. The van der Waals surface area contributed by atoms with Gasteiger partial charge in [0.25, 0.3) is 0 Å². The van der Waals surface area contributed by atoms with Crippen LogP contribution in [0.1, 0.15) is 78.6 Å². The fourth-order valence-electron chi connectivity index (χ4n) is 3.69. The van der Waals surface area contributed by atoms with Gasteiger partial charge in [0.15, 0.2) is 0 Å². The second-order valence-electron chi connectivity index (χ2n) is 7.34. The van der Waals surface area contributed by atoms with E-state index in [1.807, 2.05) is 0 Å². The van der Waals surface area contributed by atoms with Gasteiger partial charge in [-0.15, -0.1) is 0 Å². The highest BCUT2D eigenvalue weighted by Gasteiger charge is 2.31. The summed E-state index contributed by atoms with van der Waals surface area (Å²) in [7, 11) is 0. The predicted molar refractivity (Wildman–Crippen MR) is 81.5 cm³/mol. The van der Waals surface area contributed by atoms with Crippen molar-refractivity contribution in [1.29, 1.82) is 0 Å². The third kappa shape index (κ3) is 4.75. The molecule has 2 rings (SSSR count). The van der Waals surface area contributed by atoms with Crippen molar-refractivity contribution in [3.8, 4) is 0 Å². The first-order chi connectivity index (χ1) is 9.11. The number of nitrogens with one attached hydrogen (secondary N) is 1. The maximum atomic E-state index is 6.51. The Labute approximate surface area is 119 Å². The van der Waals surface area contributed by atoms with Crippen LogP contribution < -0.4 is 5.32 Å². The molecule has 0 heterocycles. The lowest BCUT2D eigenvalue weighted by Crippen LogP contribution is -2.43. The van der Waals surface area contributed by atoms with Crippen molar-refractivity contribution in [3.05, 3.63) is 0 Å². The Kier molecular flexibility index (Phi) is 5.70. The number of hydrogen-bond donors (Lipinski definition) is 1. The first-order valence-corrected chi connectivity index (χ1v) is 8.49. The molecule has 1 N–H and O–H groups in total. The summed E-state index contributed by atoms with van der Waals surface area (Å²) in [5.41, 5.74) is 0.546. The molecular formula is C17H33NO. The van der Waals surface area contributed by atoms with E-state index >= 15 is 0 Å². The largest absolute Gasteiger partial charge is 0.373 e. The minimum Gasteiger partial charge on any atom is -0.373 e. The van der Waals surface area contributed by atoms with Gasteiger partial charge < -0.3 is 10.1 Å². The Morgan fingerprint density at radius 1 is 1.00 bits per heavy atom. The van der Waals surface area contributed by atoms with E-state index in [2.05, 4.69) is 26.1 Å². The molecule has 0 radical (unpaired) electrons. The Balaban J connectivity index is 1.84. The number of ether oxygens (including phenoxy) is 1. The van der Waals surface area contributed by atoms with Gasteiger partial charge in [0.2, 0.25) is 0 Å². The molecule has 0 spiro atoms. The molecule has 2 atom stereocenters. The number of rotatable bonds is 4. The molecule has 2 fully saturated rings. The third-order valence-electron chi connectivity index (χ3n) is 5.07. The van der Waals surface area contributed by atoms with Gasteiger partial charge >= 0.3 is 0 Å². The van der Waals surface area contributed by atoms with Crippen molar-refractivity contribution in [2.75, 3.05) is 6.54 Å². The van der Waals surface area contributed by atoms with Crippen molar-refractivity contribution in [2.24, 2.45) is 5.41 Å². The third-order valence-corrected chi connectivity index (χ3v) is 5.07. The van der Waals surface area contributed by atoms with Crippen LogP contribution in [0.3, 0.4) is 0 Å². The fourth-order valence-corrected chi connectivity index (χ4v) is 3.69. The quantitative estimate of drug-likeness (QED) is 0.768. The van der Waals surface area contributed by atoms with Crippen molar-refractivity contribution in [2.45, 2.75) is 96.8 Å². The summed E-state index contributed by atoms with van der Waals surface area (Å²) in [6.07, 6.45) is 12.9. The Morgan fingerprint density at radius 3 is 2.37 bits per heavy atom. The standard InChI is InChI=1S/C17H33NO/c1-4-18-15-8-6-5-7-9-16(15)19-14-10-12-17(2,3)13-11-14/h14-16,18H,4-13H2,1-3H3. The van der Waals surface area contributed by atoms with Crippen LogP contribution in [0, 0.1) is 5.41 Å². The second-order valence-corrected chi connectivity index (χ2v) is 7.34. The van der Waals surface area contributed by atoms with E-state index in [0.29, 0.717) is 23.7 Å². The summed E-state index contributed by atoms with van der Waals surface area (Å²) in [5.74, 6) is 0. The van der Waals surface area contributed by atoms with Crippen LogP contribution in [0.25, 0.3) is 0 Å². The zero-order valence-electron chi connectivity index (χ0n) is 13.2. The first-order valence-electron chi connectivity index (χ1n) is 8.49. The molecule has 0 aromatic rings. The molecular weight excluding hydrogens is 234 g/mol.